The van der Waals surface area contributed by atoms with E-state index in [1.807, 2.05) is 19.1 Å². The van der Waals surface area contributed by atoms with Crippen molar-refractivity contribution in [2.45, 2.75) is 13.0 Å². The van der Waals surface area contributed by atoms with Crippen molar-refractivity contribution in [3.63, 3.8) is 0 Å². The molecule has 0 heterocycles. The largest absolute Gasteiger partial charge is 0.493 e. The number of halogens is 1. The fourth-order valence-corrected chi connectivity index (χ4v) is 1.50. The Morgan fingerprint density at radius 1 is 1.64 bits per heavy atom. The van der Waals surface area contributed by atoms with Crippen molar-refractivity contribution in [1.29, 1.82) is 5.26 Å². The Balaban J connectivity index is 3.10. The minimum atomic E-state index is -0.644. The third kappa shape index (κ3) is 2.47. The SMILES string of the molecule is CCOc1ccc(Br)cc1C(N)C#N. The van der Waals surface area contributed by atoms with Crippen molar-refractivity contribution < 1.29 is 4.74 Å². The van der Waals surface area contributed by atoms with E-state index >= 15 is 0 Å². The Morgan fingerprint density at radius 2 is 2.36 bits per heavy atom. The molecular weight excluding hydrogens is 244 g/mol. The van der Waals surface area contributed by atoms with Gasteiger partial charge in [0, 0.05) is 10.0 Å². The first kappa shape index (κ1) is 11.0. The van der Waals surface area contributed by atoms with Crippen LogP contribution in [0.5, 0.6) is 5.75 Å². The average Bonchev–Trinajstić information content (AvgIpc) is 2.20. The Labute approximate surface area is 91.6 Å². The summed E-state index contributed by atoms with van der Waals surface area (Å²) in [6.07, 6.45) is 0. The molecule has 0 aliphatic carbocycles. The number of nitriles is 1. The van der Waals surface area contributed by atoms with Gasteiger partial charge in [-0.15, -0.1) is 0 Å². The lowest BCUT2D eigenvalue weighted by Crippen LogP contribution is -2.09. The molecular formula is C10H11BrN2O. The minimum Gasteiger partial charge on any atom is -0.493 e. The molecule has 0 spiro atoms. The zero-order chi connectivity index (χ0) is 10.6. The van der Waals surface area contributed by atoms with Gasteiger partial charge in [-0.2, -0.15) is 5.26 Å². The van der Waals surface area contributed by atoms with E-state index in [2.05, 4.69) is 15.9 Å². The normalized spacial score (nSPS) is 11.9. The van der Waals surface area contributed by atoms with Gasteiger partial charge in [0.2, 0.25) is 0 Å². The first-order valence-electron chi connectivity index (χ1n) is 4.26. The van der Waals surface area contributed by atoms with Crippen LogP contribution in [0.15, 0.2) is 22.7 Å². The lowest BCUT2D eigenvalue weighted by molar-refractivity contribution is 0.335. The molecule has 1 aromatic carbocycles. The second kappa shape index (κ2) is 4.99. The van der Waals surface area contributed by atoms with Crippen molar-refractivity contribution in [2.24, 2.45) is 5.73 Å². The summed E-state index contributed by atoms with van der Waals surface area (Å²) in [6.45, 7) is 2.45. The first-order valence-corrected chi connectivity index (χ1v) is 5.05. The smallest absolute Gasteiger partial charge is 0.125 e. The van der Waals surface area contributed by atoms with Crippen molar-refractivity contribution in [2.75, 3.05) is 6.61 Å². The molecule has 0 saturated carbocycles. The summed E-state index contributed by atoms with van der Waals surface area (Å²) in [7, 11) is 0. The molecule has 0 aliphatic heterocycles. The molecule has 0 radical (unpaired) electrons. The monoisotopic (exact) mass is 254 g/mol. The summed E-state index contributed by atoms with van der Waals surface area (Å²) in [5, 5.41) is 8.73. The van der Waals surface area contributed by atoms with Crippen LogP contribution >= 0.6 is 15.9 Å². The highest BCUT2D eigenvalue weighted by molar-refractivity contribution is 9.10. The third-order valence-electron chi connectivity index (χ3n) is 1.75. The van der Waals surface area contributed by atoms with E-state index in [0.29, 0.717) is 17.9 Å². The van der Waals surface area contributed by atoms with E-state index in [0.717, 1.165) is 4.47 Å². The van der Waals surface area contributed by atoms with Crippen molar-refractivity contribution >= 4 is 15.9 Å². The van der Waals surface area contributed by atoms with Crippen LogP contribution in [-0.4, -0.2) is 6.61 Å². The quantitative estimate of drug-likeness (QED) is 0.901. The van der Waals surface area contributed by atoms with E-state index < -0.39 is 6.04 Å². The lowest BCUT2D eigenvalue weighted by Gasteiger charge is -2.11. The maximum atomic E-state index is 8.73. The molecule has 74 valence electrons. The topological polar surface area (TPSA) is 59.0 Å². The first-order chi connectivity index (χ1) is 6.69. The van der Waals surface area contributed by atoms with Gasteiger partial charge >= 0.3 is 0 Å². The van der Waals surface area contributed by atoms with Gasteiger partial charge in [0.25, 0.3) is 0 Å². The summed E-state index contributed by atoms with van der Waals surface area (Å²) < 4.78 is 6.25. The minimum absolute atomic E-state index is 0.562. The summed E-state index contributed by atoms with van der Waals surface area (Å²) >= 11 is 3.32. The third-order valence-corrected chi connectivity index (χ3v) is 2.24. The predicted molar refractivity (Wildman–Crippen MR) is 57.9 cm³/mol. The van der Waals surface area contributed by atoms with Gasteiger partial charge in [0.1, 0.15) is 11.8 Å². The van der Waals surface area contributed by atoms with Crippen LogP contribution in [0.1, 0.15) is 18.5 Å². The zero-order valence-electron chi connectivity index (χ0n) is 7.83. The molecule has 3 nitrogen and oxygen atoms in total. The van der Waals surface area contributed by atoms with E-state index in [4.69, 9.17) is 15.7 Å². The molecule has 0 aromatic heterocycles. The molecule has 0 saturated heterocycles. The van der Waals surface area contributed by atoms with Crippen molar-refractivity contribution in [3.05, 3.63) is 28.2 Å². The van der Waals surface area contributed by atoms with Gasteiger partial charge in [-0.25, -0.2) is 0 Å². The van der Waals surface area contributed by atoms with Gasteiger partial charge in [0.15, 0.2) is 0 Å². The average molecular weight is 255 g/mol. The van der Waals surface area contributed by atoms with Gasteiger partial charge in [0.05, 0.1) is 12.7 Å². The fraction of sp³-hybridized carbons (Fsp3) is 0.300. The maximum Gasteiger partial charge on any atom is 0.125 e. The van der Waals surface area contributed by atoms with E-state index in [-0.39, 0.29) is 0 Å². The highest BCUT2D eigenvalue weighted by Crippen LogP contribution is 2.27. The Morgan fingerprint density at radius 3 is 2.93 bits per heavy atom. The molecule has 14 heavy (non-hydrogen) atoms. The van der Waals surface area contributed by atoms with Crippen LogP contribution in [0.3, 0.4) is 0 Å². The van der Waals surface area contributed by atoms with Crippen LogP contribution in [0.25, 0.3) is 0 Å². The fourth-order valence-electron chi connectivity index (χ4n) is 1.12. The zero-order valence-corrected chi connectivity index (χ0v) is 9.41. The highest BCUT2D eigenvalue weighted by atomic mass is 79.9. The van der Waals surface area contributed by atoms with Crippen LogP contribution < -0.4 is 10.5 Å². The maximum absolute atomic E-state index is 8.73. The van der Waals surface area contributed by atoms with E-state index in [9.17, 15) is 0 Å². The summed E-state index contributed by atoms with van der Waals surface area (Å²) in [4.78, 5) is 0. The summed E-state index contributed by atoms with van der Waals surface area (Å²) in [6, 6.07) is 6.81. The molecule has 0 bridgehead atoms. The van der Waals surface area contributed by atoms with Crippen molar-refractivity contribution in [1.82, 2.24) is 0 Å². The second-order valence-corrected chi connectivity index (χ2v) is 3.64. The molecule has 1 atom stereocenters. The number of benzene rings is 1. The second-order valence-electron chi connectivity index (χ2n) is 2.72. The molecule has 0 fully saturated rings. The molecule has 1 unspecified atom stereocenters. The highest BCUT2D eigenvalue weighted by Gasteiger charge is 2.11. The number of nitrogens with zero attached hydrogens (tertiary/aromatic N) is 1. The molecule has 1 rings (SSSR count). The van der Waals surface area contributed by atoms with Gasteiger partial charge in [-0.3, -0.25) is 0 Å². The van der Waals surface area contributed by atoms with Gasteiger partial charge < -0.3 is 10.5 Å². The molecule has 1 aromatic rings. The van der Waals surface area contributed by atoms with E-state index in [1.54, 1.807) is 12.1 Å². The Bertz CT molecular complexity index is 360. The van der Waals surface area contributed by atoms with Crippen LogP contribution in [-0.2, 0) is 0 Å². The Kier molecular flexibility index (Phi) is 3.93. The summed E-state index contributed by atoms with van der Waals surface area (Å²) in [5.41, 5.74) is 6.34. The summed E-state index contributed by atoms with van der Waals surface area (Å²) in [5.74, 6) is 0.671. The van der Waals surface area contributed by atoms with Crippen molar-refractivity contribution in [3.8, 4) is 11.8 Å². The van der Waals surface area contributed by atoms with Crippen LogP contribution in [0, 0.1) is 11.3 Å². The van der Waals surface area contributed by atoms with Gasteiger partial charge in [-0.05, 0) is 25.1 Å². The van der Waals surface area contributed by atoms with Crippen LogP contribution in [0.4, 0.5) is 0 Å². The number of rotatable bonds is 3. The number of ether oxygens (including phenoxy) is 1. The number of hydrogen-bond donors (Lipinski definition) is 1. The van der Waals surface area contributed by atoms with Gasteiger partial charge in [-0.1, -0.05) is 15.9 Å². The Hall–Kier alpha value is -1.05. The standard InChI is InChI=1S/C10H11BrN2O/c1-2-14-10-4-3-7(11)5-8(10)9(13)6-12/h3-5,9H,2,13H2,1H3. The number of hydrogen-bond acceptors (Lipinski definition) is 3. The molecule has 4 heteroatoms. The van der Waals surface area contributed by atoms with E-state index in [1.165, 1.54) is 0 Å². The molecule has 0 amide bonds. The predicted octanol–water partition coefficient (Wildman–Crippen LogP) is 2.37. The molecule has 0 aliphatic rings. The van der Waals surface area contributed by atoms with Crippen LogP contribution in [0.2, 0.25) is 0 Å². The number of nitrogens with two attached hydrogens (primary N) is 1. The molecule has 2 N–H and O–H groups in total. The lowest BCUT2D eigenvalue weighted by atomic mass is 10.1.